The van der Waals surface area contributed by atoms with E-state index in [1.807, 2.05) is 0 Å². The van der Waals surface area contributed by atoms with E-state index in [0.717, 1.165) is 24.2 Å². The lowest BCUT2D eigenvalue weighted by Crippen LogP contribution is -2.36. The first kappa shape index (κ1) is 19.7. The summed E-state index contributed by atoms with van der Waals surface area (Å²) in [6, 6.07) is 0. The fraction of sp³-hybridized carbons (Fsp3) is 1.00. The molecule has 0 aliphatic heterocycles. The summed E-state index contributed by atoms with van der Waals surface area (Å²) in [6.45, 7) is 15.0. The van der Waals surface area contributed by atoms with Crippen molar-refractivity contribution in [1.29, 1.82) is 0 Å². The van der Waals surface area contributed by atoms with E-state index >= 15 is 0 Å². The van der Waals surface area contributed by atoms with Crippen molar-refractivity contribution >= 4 is 7.28 Å². The number of hydrogen-bond acceptors (Lipinski definition) is 2. The second kappa shape index (κ2) is 8.50. The van der Waals surface area contributed by atoms with Gasteiger partial charge < -0.3 is 0 Å². The Morgan fingerprint density at radius 3 is 1.91 bits per heavy atom. The van der Waals surface area contributed by atoms with E-state index in [4.69, 9.17) is 0 Å². The minimum Gasteiger partial charge on any atom is -0.151 e. The van der Waals surface area contributed by atoms with E-state index in [2.05, 4.69) is 46.7 Å². The van der Waals surface area contributed by atoms with Gasteiger partial charge in [-0.25, -0.2) is 0 Å². The predicted molar refractivity (Wildman–Crippen MR) is 99.9 cm³/mol. The second-order valence-corrected chi connectivity index (χ2v) is 9.75. The van der Waals surface area contributed by atoms with Crippen molar-refractivity contribution in [3.05, 3.63) is 4.91 Å². The molecule has 0 radical (unpaired) electrons. The Balaban J connectivity index is 2.48. The van der Waals surface area contributed by atoms with E-state index in [-0.39, 0.29) is 0 Å². The largest absolute Gasteiger partial charge is 0.151 e. The van der Waals surface area contributed by atoms with Gasteiger partial charge in [0.05, 0.1) is 6.54 Å². The summed E-state index contributed by atoms with van der Waals surface area (Å²) in [7, 11) is 1.33. The van der Waals surface area contributed by atoms with Gasteiger partial charge >= 0.3 is 0 Å². The molecule has 22 heavy (non-hydrogen) atoms. The van der Waals surface area contributed by atoms with Crippen molar-refractivity contribution in [3.8, 4) is 0 Å². The van der Waals surface area contributed by atoms with Crippen molar-refractivity contribution < 1.29 is 0 Å². The third-order valence-electron chi connectivity index (χ3n) is 5.87. The highest BCUT2D eigenvalue weighted by molar-refractivity contribution is 6.35. The molecule has 0 saturated heterocycles. The minimum atomic E-state index is 0.442. The molecular formula is C19H38BNO. The van der Waals surface area contributed by atoms with Crippen molar-refractivity contribution in [3.63, 3.8) is 0 Å². The highest BCUT2D eigenvalue weighted by atomic mass is 16.3. The molecule has 0 aromatic rings. The third kappa shape index (κ3) is 6.83. The summed E-state index contributed by atoms with van der Waals surface area (Å²) in [5.74, 6) is 2.65. The second-order valence-electron chi connectivity index (χ2n) is 9.75. The molecule has 1 saturated carbocycles. The first-order valence-electron chi connectivity index (χ1n) is 9.43. The summed E-state index contributed by atoms with van der Waals surface area (Å²) in [6.07, 6.45) is 9.06. The lowest BCUT2D eigenvalue weighted by atomic mass is 9.55. The van der Waals surface area contributed by atoms with Gasteiger partial charge in [-0.05, 0) is 54.3 Å². The fourth-order valence-corrected chi connectivity index (χ4v) is 4.05. The summed E-state index contributed by atoms with van der Waals surface area (Å²) < 4.78 is 0. The highest BCUT2D eigenvalue weighted by Crippen LogP contribution is 2.49. The van der Waals surface area contributed by atoms with Gasteiger partial charge in [0, 0.05) is 0 Å². The molecule has 0 amide bonds. The van der Waals surface area contributed by atoms with Gasteiger partial charge in [0.15, 0.2) is 0 Å². The lowest BCUT2D eigenvalue weighted by molar-refractivity contribution is 0.0550. The van der Waals surface area contributed by atoms with Crippen LogP contribution in [-0.4, -0.2) is 13.8 Å². The smallest absolute Gasteiger partial charge is 0.120 e. The molecule has 0 aromatic carbocycles. The van der Waals surface area contributed by atoms with E-state index in [9.17, 15) is 4.91 Å². The molecule has 3 atom stereocenters. The molecule has 128 valence electrons. The van der Waals surface area contributed by atoms with E-state index < -0.39 is 0 Å². The summed E-state index contributed by atoms with van der Waals surface area (Å²) in [5.41, 5.74) is 0.885. The number of unbranched alkanes of at least 4 members (excludes halogenated alkanes) is 1. The molecule has 1 aliphatic rings. The molecule has 1 rings (SSSR count). The van der Waals surface area contributed by atoms with Crippen LogP contribution in [0.1, 0.15) is 73.6 Å². The van der Waals surface area contributed by atoms with Crippen LogP contribution in [0, 0.1) is 33.5 Å². The SMILES string of the molecule is CC(C)(C)C1CC(CBCCCCN=O)C[C@@H](C(C)(C)C)C1. The highest BCUT2D eigenvalue weighted by Gasteiger charge is 2.38. The Kier molecular flexibility index (Phi) is 7.61. The fourth-order valence-electron chi connectivity index (χ4n) is 4.05. The molecule has 0 spiro atoms. The third-order valence-corrected chi connectivity index (χ3v) is 5.87. The molecule has 1 fully saturated rings. The number of rotatable bonds is 7. The zero-order valence-corrected chi connectivity index (χ0v) is 16.0. The van der Waals surface area contributed by atoms with E-state index in [1.54, 1.807) is 0 Å². The van der Waals surface area contributed by atoms with Crippen LogP contribution in [0.4, 0.5) is 0 Å². The first-order valence-corrected chi connectivity index (χ1v) is 9.43. The van der Waals surface area contributed by atoms with Crippen LogP contribution in [0.2, 0.25) is 12.6 Å². The molecule has 3 heteroatoms. The van der Waals surface area contributed by atoms with Gasteiger partial charge in [-0.3, -0.25) is 0 Å². The molecule has 2 unspecified atom stereocenters. The van der Waals surface area contributed by atoms with Crippen molar-refractivity contribution in [2.75, 3.05) is 6.54 Å². The van der Waals surface area contributed by atoms with Crippen LogP contribution in [-0.2, 0) is 0 Å². The molecule has 0 heterocycles. The van der Waals surface area contributed by atoms with Crippen molar-refractivity contribution in [2.24, 2.45) is 33.8 Å². The zero-order valence-electron chi connectivity index (χ0n) is 16.0. The van der Waals surface area contributed by atoms with Gasteiger partial charge in [0.25, 0.3) is 0 Å². The summed E-state index contributed by atoms with van der Waals surface area (Å²) in [4.78, 5) is 10.1. The summed E-state index contributed by atoms with van der Waals surface area (Å²) >= 11 is 0. The van der Waals surface area contributed by atoms with Crippen LogP contribution in [0.15, 0.2) is 5.18 Å². The zero-order chi connectivity index (χ0) is 16.8. The molecule has 1 aliphatic carbocycles. The Hall–Kier alpha value is -0.335. The topological polar surface area (TPSA) is 29.4 Å². The maximum atomic E-state index is 10.1. The van der Waals surface area contributed by atoms with Crippen LogP contribution >= 0.6 is 0 Å². The Morgan fingerprint density at radius 1 is 0.909 bits per heavy atom. The Labute approximate surface area is 139 Å². The Morgan fingerprint density at radius 2 is 1.45 bits per heavy atom. The average Bonchev–Trinajstić information content (AvgIpc) is 2.40. The van der Waals surface area contributed by atoms with Gasteiger partial charge in [0.1, 0.15) is 7.28 Å². The quantitative estimate of drug-likeness (QED) is 0.325. The van der Waals surface area contributed by atoms with E-state index in [1.165, 1.54) is 45.6 Å². The monoisotopic (exact) mass is 307 g/mol. The van der Waals surface area contributed by atoms with Gasteiger partial charge in [-0.2, -0.15) is 4.91 Å². The number of hydrogen-bond donors (Lipinski definition) is 0. The first-order chi connectivity index (χ1) is 10.1. The van der Waals surface area contributed by atoms with Crippen LogP contribution < -0.4 is 0 Å². The van der Waals surface area contributed by atoms with Gasteiger partial charge in [0.2, 0.25) is 0 Å². The normalized spacial score (nSPS) is 26.7. The van der Waals surface area contributed by atoms with Crippen LogP contribution in [0.5, 0.6) is 0 Å². The predicted octanol–water partition coefficient (Wildman–Crippen LogP) is 5.93. The molecule has 0 N–H and O–H groups in total. The molecule has 0 aromatic heterocycles. The Bertz CT molecular complexity index is 307. The van der Waals surface area contributed by atoms with E-state index in [0.29, 0.717) is 17.4 Å². The number of nitrogens with zero attached hydrogens (tertiary/aromatic N) is 1. The maximum Gasteiger partial charge on any atom is 0.120 e. The van der Waals surface area contributed by atoms with Crippen LogP contribution in [0.25, 0.3) is 0 Å². The van der Waals surface area contributed by atoms with Crippen molar-refractivity contribution in [2.45, 2.75) is 86.3 Å². The maximum absolute atomic E-state index is 10.1. The molecular weight excluding hydrogens is 269 g/mol. The summed E-state index contributed by atoms with van der Waals surface area (Å²) in [5, 5.41) is 2.95. The average molecular weight is 307 g/mol. The standard InChI is InChI=1S/C19H38BNO/c1-18(2,3)16-11-15(12-17(13-16)19(4,5)6)14-20-9-7-8-10-21-22/h15-17,20H,7-14H2,1-6H3/t15?,16-,17?/m1/s1. The minimum absolute atomic E-state index is 0.442. The van der Waals surface area contributed by atoms with Crippen molar-refractivity contribution in [1.82, 2.24) is 0 Å². The molecule has 0 bridgehead atoms. The van der Waals surface area contributed by atoms with Gasteiger partial charge in [-0.1, -0.05) is 65.8 Å². The van der Waals surface area contributed by atoms with Gasteiger partial charge in [-0.15, -0.1) is 0 Å². The number of nitroso groups, excluding NO2 is 1. The van der Waals surface area contributed by atoms with Crippen LogP contribution in [0.3, 0.4) is 0 Å². The molecule has 2 nitrogen and oxygen atoms in total. The lowest BCUT2D eigenvalue weighted by Gasteiger charge is -2.46.